The molecule has 1 heterocycles. The molecule has 1 N–H and O–H groups in total. The zero-order valence-corrected chi connectivity index (χ0v) is 13.6. The number of hydrogen-bond acceptors (Lipinski definition) is 4. The monoisotopic (exact) mass is 406 g/mol. The second-order valence-electron chi connectivity index (χ2n) is 4.54. The van der Waals surface area contributed by atoms with Crippen LogP contribution in [0.25, 0.3) is 11.5 Å². The third kappa shape index (κ3) is 3.92. The first-order valence-corrected chi connectivity index (χ1v) is 7.41. The number of rotatable bonds is 5. The van der Waals surface area contributed by atoms with Gasteiger partial charge in [0.05, 0.1) is 5.02 Å². The standard InChI is InChI=1S/C13H12ClIN2O3/c1-7(5-12(18)19)4-11-16-17-13(20-11)8-2-3-10(15)9(14)6-8/h2-3,6-7H,4-5H2,1H3,(H,18,19). The Bertz CT molecular complexity index is 630. The van der Waals surface area contributed by atoms with Crippen molar-refractivity contribution in [3.63, 3.8) is 0 Å². The number of benzene rings is 1. The van der Waals surface area contributed by atoms with E-state index in [2.05, 4.69) is 32.8 Å². The summed E-state index contributed by atoms with van der Waals surface area (Å²) in [6.45, 7) is 1.83. The predicted octanol–water partition coefficient (Wildman–Crippen LogP) is 3.65. The van der Waals surface area contributed by atoms with Gasteiger partial charge >= 0.3 is 5.97 Å². The first-order chi connectivity index (χ1) is 9.45. The Labute approximate surface area is 134 Å². The lowest BCUT2D eigenvalue weighted by Gasteiger charge is -2.03. The third-order valence-corrected chi connectivity index (χ3v) is 4.25. The molecule has 0 aliphatic carbocycles. The third-order valence-electron chi connectivity index (χ3n) is 2.68. The lowest BCUT2D eigenvalue weighted by atomic mass is 10.0. The van der Waals surface area contributed by atoms with Gasteiger partial charge in [-0.3, -0.25) is 4.79 Å². The van der Waals surface area contributed by atoms with Crippen LogP contribution in [0.2, 0.25) is 5.02 Å². The van der Waals surface area contributed by atoms with Crippen molar-refractivity contribution in [1.82, 2.24) is 10.2 Å². The summed E-state index contributed by atoms with van der Waals surface area (Å²) in [6.07, 6.45) is 0.518. The van der Waals surface area contributed by atoms with Crippen molar-refractivity contribution >= 4 is 40.2 Å². The van der Waals surface area contributed by atoms with Crippen molar-refractivity contribution in [2.24, 2.45) is 5.92 Å². The Morgan fingerprint density at radius 2 is 2.25 bits per heavy atom. The van der Waals surface area contributed by atoms with E-state index in [1.54, 1.807) is 6.07 Å². The van der Waals surface area contributed by atoms with E-state index in [1.165, 1.54) is 0 Å². The van der Waals surface area contributed by atoms with E-state index in [1.807, 2.05) is 19.1 Å². The van der Waals surface area contributed by atoms with Crippen molar-refractivity contribution < 1.29 is 14.3 Å². The summed E-state index contributed by atoms with van der Waals surface area (Å²) in [7, 11) is 0. The molecule has 0 saturated carbocycles. The fourth-order valence-electron chi connectivity index (χ4n) is 1.75. The van der Waals surface area contributed by atoms with Crippen molar-refractivity contribution in [3.8, 4) is 11.5 Å². The minimum atomic E-state index is -0.832. The molecule has 2 rings (SSSR count). The molecular formula is C13H12ClIN2O3. The highest BCUT2D eigenvalue weighted by Gasteiger charge is 2.14. The largest absolute Gasteiger partial charge is 0.481 e. The number of carbonyl (C=O) groups is 1. The number of nitrogens with zero attached hydrogens (tertiary/aromatic N) is 2. The Morgan fingerprint density at radius 1 is 1.50 bits per heavy atom. The highest BCUT2D eigenvalue weighted by atomic mass is 127. The van der Waals surface area contributed by atoms with Gasteiger partial charge in [-0.1, -0.05) is 18.5 Å². The fraction of sp³-hybridized carbons (Fsp3) is 0.308. The van der Waals surface area contributed by atoms with Gasteiger partial charge in [-0.2, -0.15) is 0 Å². The molecule has 0 bridgehead atoms. The van der Waals surface area contributed by atoms with Crippen LogP contribution in [0, 0.1) is 9.49 Å². The number of halogens is 2. The summed E-state index contributed by atoms with van der Waals surface area (Å²) in [5.74, 6) is -0.0630. The zero-order chi connectivity index (χ0) is 14.7. The molecule has 0 amide bonds. The Balaban J connectivity index is 2.12. The van der Waals surface area contributed by atoms with E-state index in [9.17, 15) is 4.79 Å². The maximum Gasteiger partial charge on any atom is 0.303 e. The van der Waals surface area contributed by atoms with Crippen molar-refractivity contribution in [3.05, 3.63) is 32.7 Å². The quantitative estimate of drug-likeness (QED) is 0.767. The fourth-order valence-corrected chi connectivity index (χ4v) is 2.27. The highest BCUT2D eigenvalue weighted by Crippen LogP contribution is 2.26. The molecule has 1 unspecified atom stereocenters. The minimum absolute atomic E-state index is 0.0545. The van der Waals surface area contributed by atoms with E-state index in [0.29, 0.717) is 23.2 Å². The maximum atomic E-state index is 10.6. The summed E-state index contributed by atoms with van der Waals surface area (Å²) in [5, 5.41) is 17.2. The number of aliphatic carboxylic acids is 1. The normalized spacial score (nSPS) is 12.3. The lowest BCUT2D eigenvalue weighted by molar-refractivity contribution is -0.137. The van der Waals surface area contributed by atoms with Gasteiger partial charge in [0.2, 0.25) is 11.8 Å². The number of hydrogen-bond donors (Lipinski definition) is 1. The molecule has 7 heteroatoms. The van der Waals surface area contributed by atoms with Crippen LogP contribution in [-0.4, -0.2) is 21.3 Å². The van der Waals surface area contributed by atoms with Gasteiger partial charge in [0, 0.05) is 22.0 Å². The van der Waals surface area contributed by atoms with Gasteiger partial charge in [0.25, 0.3) is 0 Å². The molecule has 1 atom stereocenters. The van der Waals surface area contributed by atoms with E-state index in [4.69, 9.17) is 21.1 Å². The van der Waals surface area contributed by atoms with Crippen LogP contribution in [0.4, 0.5) is 0 Å². The summed E-state index contributed by atoms with van der Waals surface area (Å²) in [6, 6.07) is 5.49. The SMILES string of the molecule is CC(CC(=O)O)Cc1nnc(-c2ccc(I)c(Cl)c2)o1. The molecule has 5 nitrogen and oxygen atoms in total. The summed E-state index contributed by atoms with van der Waals surface area (Å²) >= 11 is 8.19. The van der Waals surface area contributed by atoms with Gasteiger partial charge < -0.3 is 9.52 Å². The topological polar surface area (TPSA) is 76.2 Å². The second-order valence-corrected chi connectivity index (χ2v) is 6.11. The van der Waals surface area contributed by atoms with Crippen LogP contribution in [0.3, 0.4) is 0 Å². The Hall–Kier alpha value is -1.15. The molecule has 0 aliphatic rings. The predicted molar refractivity (Wildman–Crippen MR) is 82.6 cm³/mol. The number of aromatic nitrogens is 2. The highest BCUT2D eigenvalue weighted by molar-refractivity contribution is 14.1. The van der Waals surface area contributed by atoms with Crippen molar-refractivity contribution in [2.45, 2.75) is 19.8 Å². The molecular weight excluding hydrogens is 395 g/mol. The van der Waals surface area contributed by atoms with Crippen LogP contribution in [0.15, 0.2) is 22.6 Å². The van der Waals surface area contributed by atoms with E-state index >= 15 is 0 Å². The smallest absolute Gasteiger partial charge is 0.303 e. The van der Waals surface area contributed by atoms with E-state index < -0.39 is 5.97 Å². The van der Waals surface area contributed by atoms with Crippen LogP contribution in [0.1, 0.15) is 19.2 Å². The van der Waals surface area contributed by atoms with Crippen LogP contribution in [0.5, 0.6) is 0 Å². The van der Waals surface area contributed by atoms with Crippen molar-refractivity contribution in [1.29, 1.82) is 0 Å². The summed E-state index contributed by atoms with van der Waals surface area (Å²) < 4.78 is 6.49. The second kappa shape index (κ2) is 6.53. The van der Waals surface area contributed by atoms with Crippen LogP contribution < -0.4 is 0 Å². The van der Waals surface area contributed by atoms with Crippen LogP contribution in [-0.2, 0) is 11.2 Å². The van der Waals surface area contributed by atoms with Gasteiger partial charge in [0.1, 0.15) is 0 Å². The zero-order valence-electron chi connectivity index (χ0n) is 10.6. The van der Waals surface area contributed by atoms with Gasteiger partial charge in [-0.05, 0) is 46.7 Å². The van der Waals surface area contributed by atoms with E-state index in [0.717, 1.165) is 9.13 Å². The first-order valence-electron chi connectivity index (χ1n) is 5.95. The molecule has 2 aromatic rings. The Kier molecular flexibility index (Phi) is 4.98. The lowest BCUT2D eigenvalue weighted by Crippen LogP contribution is -2.07. The Morgan fingerprint density at radius 3 is 2.90 bits per heavy atom. The molecule has 106 valence electrons. The number of carboxylic acids is 1. The minimum Gasteiger partial charge on any atom is -0.481 e. The molecule has 1 aromatic heterocycles. The van der Waals surface area contributed by atoms with E-state index in [-0.39, 0.29) is 12.3 Å². The maximum absolute atomic E-state index is 10.6. The van der Waals surface area contributed by atoms with Gasteiger partial charge in [-0.15, -0.1) is 10.2 Å². The molecule has 0 saturated heterocycles. The molecule has 20 heavy (non-hydrogen) atoms. The van der Waals surface area contributed by atoms with Crippen molar-refractivity contribution in [2.75, 3.05) is 0 Å². The average molecular weight is 407 g/mol. The molecule has 0 aliphatic heterocycles. The molecule has 0 spiro atoms. The molecule has 1 aromatic carbocycles. The molecule has 0 fully saturated rings. The van der Waals surface area contributed by atoms with Gasteiger partial charge in [-0.25, -0.2) is 0 Å². The average Bonchev–Trinajstić information content (AvgIpc) is 2.80. The first kappa shape index (κ1) is 15.2. The van der Waals surface area contributed by atoms with Crippen LogP contribution >= 0.6 is 34.2 Å². The molecule has 0 radical (unpaired) electrons. The summed E-state index contributed by atoms with van der Waals surface area (Å²) in [4.78, 5) is 10.6. The van der Waals surface area contributed by atoms with Gasteiger partial charge in [0.15, 0.2) is 0 Å². The number of carboxylic acid groups (broad SMARTS) is 1. The summed E-state index contributed by atoms with van der Waals surface area (Å²) in [5.41, 5.74) is 0.750.